The zero-order valence-corrected chi connectivity index (χ0v) is 9.80. The normalized spacial score (nSPS) is 10.4. The molecule has 1 aromatic heterocycles. The first-order valence-electron chi connectivity index (χ1n) is 5.80. The molecule has 17 heavy (non-hydrogen) atoms. The largest absolute Gasteiger partial charge is 0.363 e. The maximum Gasteiger partial charge on any atom is 0.290 e. The minimum absolute atomic E-state index is 0.142. The van der Waals surface area contributed by atoms with Crippen molar-refractivity contribution in [3.63, 3.8) is 0 Å². The van der Waals surface area contributed by atoms with Crippen LogP contribution in [0.2, 0.25) is 0 Å². The molecule has 0 bridgehead atoms. The van der Waals surface area contributed by atoms with E-state index >= 15 is 0 Å². The van der Waals surface area contributed by atoms with Crippen LogP contribution in [0.4, 0.5) is 0 Å². The number of carbonyl (C=O) groups excluding carboxylic acids is 1. The fourth-order valence-electron chi connectivity index (χ4n) is 1.41. The predicted octanol–water partition coefficient (Wildman–Crippen LogP) is -0.183. The molecule has 94 valence electrons. The number of carbonyl (C=O) groups is 1. The summed E-state index contributed by atoms with van der Waals surface area (Å²) < 4.78 is 0. The van der Waals surface area contributed by atoms with E-state index < -0.39 is 5.91 Å². The van der Waals surface area contributed by atoms with Crippen LogP contribution >= 0.6 is 0 Å². The van der Waals surface area contributed by atoms with Gasteiger partial charge in [0.25, 0.3) is 11.7 Å². The van der Waals surface area contributed by atoms with E-state index in [2.05, 4.69) is 20.4 Å². The topological polar surface area (TPSA) is 121 Å². The van der Waals surface area contributed by atoms with Crippen LogP contribution in [0.25, 0.3) is 0 Å². The lowest BCUT2D eigenvalue weighted by Crippen LogP contribution is -2.18. The van der Waals surface area contributed by atoms with Crippen LogP contribution in [-0.2, 0) is 6.42 Å². The van der Waals surface area contributed by atoms with Crippen LogP contribution < -0.4 is 11.5 Å². The maximum absolute atomic E-state index is 10.7. The second-order valence-electron chi connectivity index (χ2n) is 3.81. The lowest BCUT2D eigenvalue weighted by Gasteiger charge is -1.99. The second kappa shape index (κ2) is 7.61. The van der Waals surface area contributed by atoms with Crippen molar-refractivity contribution in [2.45, 2.75) is 38.5 Å². The van der Waals surface area contributed by atoms with Gasteiger partial charge in [-0.25, -0.2) is 0 Å². The molecule has 0 aliphatic carbocycles. The summed E-state index contributed by atoms with van der Waals surface area (Å²) in [5, 5.41) is 14.8. The number of aryl methyl sites for hydroxylation is 1. The van der Waals surface area contributed by atoms with Crippen molar-refractivity contribution in [3.05, 3.63) is 11.6 Å². The van der Waals surface area contributed by atoms with Crippen LogP contribution in [0.1, 0.15) is 48.5 Å². The molecule has 1 amide bonds. The molecule has 0 saturated carbocycles. The summed E-state index contributed by atoms with van der Waals surface area (Å²) >= 11 is 0. The quantitative estimate of drug-likeness (QED) is 0.606. The monoisotopic (exact) mass is 238 g/mol. The summed E-state index contributed by atoms with van der Waals surface area (Å²) in [4.78, 5) is 10.7. The van der Waals surface area contributed by atoms with Gasteiger partial charge in [0.1, 0.15) is 0 Å². The van der Waals surface area contributed by atoms with Gasteiger partial charge in [-0.1, -0.05) is 19.3 Å². The van der Waals surface area contributed by atoms with E-state index in [1.54, 1.807) is 0 Å². The minimum atomic E-state index is -0.710. The van der Waals surface area contributed by atoms with Crippen molar-refractivity contribution in [1.82, 2.24) is 20.4 Å². The summed E-state index contributed by atoms with van der Waals surface area (Å²) in [6, 6.07) is 0. The van der Waals surface area contributed by atoms with Gasteiger partial charge in [-0.3, -0.25) is 4.79 Å². The molecule has 7 nitrogen and oxygen atoms in total. The predicted molar refractivity (Wildman–Crippen MR) is 62.0 cm³/mol. The summed E-state index contributed by atoms with van der Waals surface area (Å²) in [7, 11) is 0. The van der Waals surface area contributed by atoms with Crippen molar-refractivity contribution in [2.24, 2.45) is 11.5 Å². The Balaban J connectivity index is 2.21. The Bertz CT molecular complexity index is 339. The van der Waals surface area contributed by atoms with Gasteiger partial charge in [0.15, 0.2) is 5.82 Å². The second-order valence-corrected chi connectivity index (χ2v) is 3.81. The highest BCUT2D eigenvalue weighted by atomic mass is 16.1. The molecule has 0 aromatic carbocycles. The number of unbranched alkanes of at least 4 members (excludes halogenated alkanes) is 4. The van der Waals surface area contributed by atoms with E-state index in [9.17, 15) is 4.79 Å². The molecular formula is C10H18N6O. The molecule has 0 aliphatic heterocycles. The number of amides is 1. The van der Waals surface area contributed by atoms with E-state index in [-0.39, 0.29) is 5.82 Å². The van der Waals surface area contributed by atoms with E-state index in [1.165, 1.54) is 0 Å². The zero-order valence-electron chi connectivity index (χ0n) is 9.80. The van der Waals surface area contributed by atoms with Crippen molar-refractivity contribution in [2.75, 3.05) is 6.54 Å². The third-order valence-corrected chi connectivity index (χ3v) is 2.35. The smallest absolute Gasteiger partial charge is 0.290 e. The van der Waals surface area contributed by atoms with Gasteiger partial charge in [0, 0.05) is 6.42 Å². The molecule has 1 aromatic rings. The van der Waals surface area contributed by atoms with Crippen LogP contribution in [0.15, 0.2) is 0 Å². The third kappa shape index (κ3) is 5.30. The molecule has 0 atom stereocenters. The minimum Gasteiger partial charge on any atom is -0.363 e. The van der Waals surface area contributed by atoms with Crippen LogP contribution in [0.5, 0.6) is 0 Å². The molecule has 0 radical (unpaired) electrons. The summed E-state index contributed by atoms with van der Waals surface area (Å²) in [5.41, 5.74) is 10.4. The van der Waals surface area contributed by atoms with Crippen molar-refractivity contribution in [1.29, 1.82) is 0 Å². The number of primary amides is 1. The van der Waals surface area contributed by atoms with Gasteiger partial charge in [0.05, 0.1) is 0 Å². The molecule has 0 fully saturated rings. The Morgan fingerprint density at radius 3 is 2.12 bits per heavy atom. The zero-order chi connectivity index (χ0) is 12.5. The van der Waals surface area contributed by atoms with Gasteiger partial charge in [-0.05, 0) is 19.4 Å². The molecule has 1 heterocycles. The number of nitrogens with two attached hydrogens (primary N) is 2. The van der Waals surface area contributed by atoms with Crippen LogP contribution in [-0.4, -0.2) is 32.8 Å². The molecule has 0 aliphatic rings. The number of aromatic nitrogens is 4. The first-order chi connectivity index (χ1) is 8.24. The molecular weight excluding hydrogens is 220 g/mol. The number of rotatable bonds is 8. The summed E-state index contributed by atoms with van der Waals surface area (Å²) in [5.74, 6) is -0.302. The van der Waals surface area contributed by atoms with E-state index in [0.29, 0.717) is 5.82 Å². The lowest BCUT2D eigenvalue weighted by atomic mass is 10.1. The number of hydrogen-bond donors (Lipinski definition) is 2. The van der Waals surface area contributed by atoms with Gasteiger partial charge in [-0.2, -0.15) is 0 Å². The Labute approximate surface area is 100 Å². The molecule has 0 unspecified atom stereocenters. The maximum atomic E-state index is 10.7. The number of nitrogens with zero attached hydrogens (tertiary/aromatic N) is 4. The van der Waals surface area contributed by atoms with E-state index in [1.807, 2.05) is 0 Å². The standard InChI is InChI=1S/C10H18N6O/c11-7-5-3-1-2-4-6-8-13-15-10(9(12)17)16-14-8/h1-7,11H2,(H2,12,17). The van der Waals surface area contributed by atoms with Gasteiger partial charge < -0.3 is 11.5 Å². The SMILES string of the molecule is NCCCCCCCc1nnc(C(N)=O)nn1. The molecule has 1 rings (SSSR count). The fourth-order valence-corrected chi connectivity index (χ4v) is 1.41. The highest BCUT2D eigenvalue weighted by molar-refractivity contribution is 5.88. The van der Waals surface area contributed by atoms with E-state index in [4.69, 9.17) is 11.5 Å². The Morgan fingerprint density at radius 1 is 0.941 bits per heavy atom. The van der Waals surface area contributed by atoms with Gasteiger partial charge >= 0.3 is 0 Å². The highest BCUT2D eigenvalue weighted by Crippen LogP contribution is 2.04. The first-order valence-corrected chi connectivity index (χ1v) is 5.80. The first kappa shape index (κ1) is 13.4. The van der Waals surface area contributed by atoms with Crippen molar-refractivity contribution in [3.8, 4) is 0 Å². The number of hydrogen-bond acceptors (Lipinski definition) is 6. The van der Waals surface area contributed by atoms with Crippen molar-refractivity contribution < 1.29 is 4.79 Å². The Morgan fingerprint density at radius 2 is 1.53 bits per heavy atom. The average Bonchev–Trinajstić information content (AvgIpc) is 2.34. The lowest BCUT2D eigenvalue weighted by molar-refractivity contribution is 0.0987. The van der Waals surface area contributed by atoms with Gasteiger partial charge in [0.2, 0.25) is 0 Å². The summed E-state index contributed by atoms with van der Waals surface area (Å²) in [6.45, 7) is 0.755. The average molecular weight is 238 g/mol. The molecule has 4 N–H and O–H groups in total. The van der Waals surface area contributed by atoms with Crippen LogP contribution in [0, 0.1) is 0 Å². The summed E-state index contributed by atoms with van der Waals surface area (Å²) in [6.07, 6.45) is 6.23. The van der Waals surface area contributed by atoms with Crippen molar-refractivity contribution >= 4 is 5.91 Å². The van der Waals surface area contributed by atoms with Gasteiger partial charge in [-0.15, -0.1) is 20.4 Å². The molecule has 0 saturated heterocycles. The van der Waals surface area contributed by atoms with E-state index in [0.717, 1.165) is 45.1 Å². The molecule has 7 heteroatoms. The third-order valence-electron chi connectivity index (χ3n) is 2.35. The molecule has 0 spiro atoms. The van der Waals surface area contributed by atoms with Crippen LogP contribution in [0.3, 0.4) is 0 Å². The fraction of sp³-hybridized carbons (Fsp3) is 0.700. The Kier molecular flexibility index (Phi) is 6.02. The Hall–Kier alpha value is -1.63. The highest BCUT2D eigenvalue weighted by Gasteiger charge is 2.06.